The molecule has 1 N–H and O–H groups in total. The zero-order chi connectivity index (χ0) is 22.9. The Morgan fingerprint density at radius 2 is 1.81 bits per heavy atom. The van der Waals surface area contributed by atoms with Crippen LogP contribution >= 0.6 is 15.9 Å². The van der Waals surface area contributed by atoms with Gasteiger partial charge in [0, 0.05) is 0 Å². The van der Waals surface area contributed by atoms with Crippen molar-refractivity contribution < 1.29 is 23.9 Å². The molecule has 1 heterocycles. The molecule has 0 aromatic heterocycles. The van der Waals surface area contributed by atoms with E-state index in [0.29, 0.717) is 27.2 Å². The molecule has 8 heteroatoms. The summed E-state index contributed by atoms with van der Waals surface area (Å²) in [4.78, 5) is 39.1. The molecule has 1 aliphatic rings. The van der Waals surface area contributed by atoms with E-state index in [4.69, 9.17) is 9.47 Å². The number of anilines is 1. The number of benzene rings is 2. The molecule has 0 bridgehead atoms. The summed E-state index contributed by atoms with van der Waals surface area (Å²) in [6.45, 7) is 7.45. The Morgan fingerprint density at radius 3 is 2.45 bits per heavy atom. The lowest BCUT2D eigenvalue weighted by Crippen LogP contribution is -2.54. The van der Waals surface area contributed by atoms with E-state index in [1.165, 1.54) is 13.2 Å². The van der Waals surface area contributed by atoms with Gasteiger partial charge < -0.3 is 9.47 Å². The van der Waals surface area contributed by atoms with Crippen molar-refractivity contribution in [1.82, 2.24) is 5.32 Å². The summed E-state index contributed by atoms with van der Waals surface area (Å²) in [5.41, 5.74) is 2.43. The molecular formula is C23H23BrN2O5. The Balaban J connectivity index is 2.06. The van der Waals surface area contributed by atoms with Crippen molar-refractivity contribution in [3.63, 3.8) is 0 Å². The Labute approximate surface area is 189 Å². The number of aryl methyl sites for hydroxylation is 2. The largest absolute Gasteiger partial charge is 0.493 e. The highest BCUT2D eigenvalue weighted by atomic mass is 79.9. The summed E-state index contributed by atoms with van der Waals surface area (Å²) < 4.78 is 11.8. The zero-order valence-corrected chi connectivity index (χ0v) is 19.5. The van der Waals surface area contributed by atoms with Crippen LogP contribution in [0.4, 0.5) is 10.5 Å². The van der Waals surface area contributed by atoms with Gasteiger partial charge in [0.1, 0.15) is 5.57 Å². The van der Waals surface area contributed by atoms with Crippen LogP contribution in [0, 0.1) is 13.8 Å². The van der Waals surface area contributed by atoms with Crippen LogP contribution in [-0.2, 0) is 9.59 Å². The second-order valence-electron chi connectivity index (χ2n) is 7.45. The summed E-state index contributed by atoms with van der Waals surface area (Å²) in [6, 6.07) is 8.04. The van der Waals surface area contributed by atoms with Gasteiger partial charge in [0.15, 0.2) is 11.5 Å². The number of carbonyl (C=O) groups excluding carboxylic acids is 3. The summed E-state index contributed by atoms with van der Waals surface area (Å²) in [5, 5.41) is 2.25. The van der Waals surface area contributed by atoms with Gasteiger partial charge in [-0.25, -0.2) is 9.69 Å². The van der Waals surface area contributed by atoms with Crippen molar-refractivity contribution in [2.45, 2.75) is 33.8 Å². The molecule has 4 amide bonds. The number of hydrogen-bond donors (Lipinski definition) is 1. The minimum atomic E-state index is -0.778. The maximum atomic E-state index is 13.2. The quantitative estimate of drug-likeness (QED) is 0.495. The van der Waals surface area contributed by atoms with Gasteiger partial charge in [0.05, 0.1) is 23.4 Å². The molecule has 0 unspecified atom stereocenters. The van der Waals surface area contributed by atoms with Gasteiger partial charge in [-0.15, -0.1) is 0 Å². The number of carbonyl (C=O) groups is 3. The van der Waals surface area contributed by atoms with Gasteiger partial charge in [0.2, 0.25) is 0 Å². The van der Waals surface area contributed by atoms with Crippen molar-refractivity contribution in [1.29, 1.82) is 0 Å². The molecule has 2 aromatic rings. The fraction of sp³-hybridized carbons (Fsp3) is 0.261. The van der Waals surface area contributed by atoms with Crippen molar-refractivity contribution in [3.8, 4) is 11.5 Å². The minimum Gasteiger partial charge on any atom is -0.493 e. The number of hydrogen-bond acceptors (Lipinski definition) is 5. The average molecular weight is 487 g/mol. The van der Waals surface area contributed by atoms with Gasteiger partial charge in [-0.3, -0.25) is 14.9 Å². The molecule has 1 aliphatic heterocycles. The molecule has 162 valence electrons. The highest BCUT2D eigenvalue weighted by Gasteiger charge is 2.37. The molecule has 2 aromatic carbocycles. The maximum absolute atomic E-state index is 13.2. The number of rotatable bonds is 5. The van der Waals surface area contributed by atoms with Gasteiger partial charge >= 0.3 is 6.03 Å². The fourth-order valence-corrected chi connectivity index (χ4v) is 3.73. The Kier molecular flexibility index (Phi) is 6.50. The predicted octanol–water partition coefficient (Wildman–Crippen LogP) is 4.53. The van der Waals surface area contributed by atoms with Crippen LogP contribution in [0.5, 0.6) is 11.5 Å². The molecule has 3 rings (SSSR count). The van der Waals surface area contributed by atoms with Crippen molar-refractivity contribution >= 4 is 45.5 Å². The first-order valence-electron chi connectivity index (χ1n) is 9.65. The lowest BCUT2D eigenvalue weighted by Gasteiger charge is -2.28. The van der Waals surface area contributed by atoms with Crippen LogP contribution in [0.1, 0.15) is 30.5 Å². The van der Waals surface area contributed by atoms with E-state index in [1.54, 1.807) is 25.1 Å². The summed E-state index contributed by atoms with van der Waals surface area (Å²) in [7, 11) is 1.51. The number of barbiturate groups is 1. The third kappa shape index (κ3) is 4.64. The van der Waals surface area contributed by atoms with Crippen molar-refractivity contribution in [2.75, 3.05) is 12.0 Å². The van der Waals surface area contributed by atoms with E-state index in [2.05, 4.69) is 21.2 Å². The number of halogens is 1. The molecule has 1 fully saturated rings. The second-order valence-corrected chi connectivity index (χ2v) is 8.30. The normalized spacial score (nSPS) is 15.5. The number of imide groups is 2. The lowest BCUT2D eigenvalue weighted by atomic mass is 10.0. The summed E-state index contributed by atoms with van der Waals surface area (Å²) >= 11 is 3.45. The zero-order valence-electron chi connectivity index (χ0n) is 17.9. The monoisotopic (exact) mass is 486 g/mol. The predicted molar refractivity (Wildman–Crippen MR) is 121 cm³/mol. The van der Waals surface area contributed by atoms with E-state index in [1.807, 2.05) is 32.9 Å². The van der Waals surface area contributed by atoms with E-state index in [9.17, 15) is 14.4 Å². The molecule has 0 atom stereocenters. The van der Waals surface area contributed by atoms with E-state index >= 15 is 0 Å². The summed E-state index contributed by atoms with van der Waals surface area (Å²) in [5.74, 6) is -0.485. The Morgan fingerprint density at radius 1 is 1.10 bits per heavy atom. The number of amides is 4. The maximum Gasteiger partial charge on any atom is 0.335 e. The molecule has 31 heavy (non-hydrogen) atoms. The summed E-state index contributed by atoms with van der Waals surface area (Å²) in [6.07, 6.45) is 1.35. The third-order valence-electron chi connectivity index (χ3n) is 4.62. The van der Waals surface area contributed by atoms with Gasteiger partial charge in [-0.05, 0) is 84.6 Å². The number of nitrogens with one attached hydrogen (secondary N) is 1. The number of urea groups is 1. The van der Waals surface area contributed by atoms with Crippen LogP contribution < -0.4 is 19.7 Å². The van der Waals surface area contributed by atoms with E-state index < -0.39 is 17.8 Å². The molecule has 7 nitrogen and oxygen atoms in total. The number of nitrogens with zero attached hydrogens (tertiary/aromatic N) is 1. The molecular weight excluding hydrogens is 464 g/mol. The van der Waals surface area contributed by atoms with Crippen LogP contribution in [0.2, 0.25) is 0 Å². The van der Waals surface area contributed by atoms with Crippen LogP contribution in [0.15, 0.2) is 40.4 Å². The number of methoxy groups -OCH3 is 1. The van der Waals surface area contributed by atoms with Crippen molar-refractivity contribution in [3.05, 3.63) is 57.1 Å². The minimum absolute atomic E-state index is 0.0720. The highest BCUT2D eigenvalue weighted by Crippen LogP contribution is 2.38. The van der Waals surface area contributed by atoms with Crippen molar-refractivity contribution in [2.24, 2.45) is 0 Å². The van der Waals surface area contributed by atoms with E-state index in [0.717, 1.165) is 16.0 Å². The fourth-order valence-electron chi connectivity index (χ4n) is 3.18. The molecule has 0 radical (unpaired) electrons. The number of ether oxygens (including phenoxy) is 2. The molecule has 0 saturated carbocycles. The van der Waals surface area contributed by atoms with Crippen LogP contribution in [-0.4, -0.2) is 31.1 Å². The topological polar surface area (TPSA) is 84.9 Å². The highest BCUT2D eigenvalue weighted by molar-refractivity contribution is 9.10. The lowest BCUT2D eigenvalue weighted by molar-refractivity contribution is -0.122. The third-order valence-corrected chi connectivity index (χ3v) is 5.21. The molecule has 0 aliphatic carbocycles. The van der Waals surface area contributed by atoms with Gasteiger partial charge in [0.25, 0.3) is 11.8 Å². The Bertz CT molecular complexity index is 1110. The van der Waals surface area contributed by atoms with Gasteiger partial charge in [-0.2, -0.15) is 0 Å². The average Bonchev–Trinajstić information content (AvgIpc) is 2.69. The first-order valence-corrected chi connectivity index (χ1v) is 10.4. The second kappa shape index (κ2) is 8.93. The smallest absolute Gasteiger partial charge is 0.335 e. The van der Waals surface area contributed by atoms with E-state index in [-0.39, 0.29) is 11.7 Å². The van der Waals surface area contributed by atoms with Gasteiger partial charge in [-0.1, -0.05) is 12.1 Å². The van der Waals surface area contributed by atoms with Crippen LogP contribution in [0.25, 0.3) is 6.08 Å². The first-order chi connectivity index (χ1) is 14.6. The molecule has 1 saturated heterocycles. The Hall–Kier alpha value is -3.13. The standard InChI is InChI=1S/C23H23BrN2O5/c1-12(2)31-20-17(24)10-15(11-19(20)30-5)9-16-21(27)25-23(29)26(22(16)28)18-8-13(3)6-7-14(18)4/h6-12H,1-5H3,(H,25,27,29)/b16-9+. The SMILES string of the molecule is COc1cc(/C=C2\C(=O)NC(=O)N(c3cc(C)ccc3C)C2=O)cc(Br)c1OC(C)C. The molecule has 0 spiro atoms. The first kappa shape index (κ1) is 22.6. The van der Waals surface area contributed by atoms with Crippen LogP contribution in [0.3, 0.4) is 0 Å².